The zero-order valence-electron chi connectivity index (χ0n) is 12.3. The molecule has 1 saturated heterocycles. The van der Waals surface area contributed by atoms with E-state index in [1.165, 1.54) is 13.5 Å². The van der Waals surface area contributed by atoms with Crippen molar-refractivity contribution in [1.29, 1.82) is 0 Å². The van der Waals surface area contributed by atoms with Gasteiger partial charge in [0.05, 0.1) is 18.4 Å². The first-order valence-corrected chi connectivity index (χ1v) is 7.05. The van der Waals surface area contributed by atoms with Gasteiger partial charge in [0.25, 0.3) is 0 Å². The number of ether oxygens (including phenoxy) is 1. The lowest BCUT2D eigenvalue weighted by Crippen LogP contribution is -2.47. The Hall–Kier alpha value is -1.75. The number of hydrazine groups is 1. The van der Waals surface area contributed by atoms with Crippen LogP contribution in [0.2, 0.25) is 0 Å². The highest BCUT2D eigenvalue weighted by atomic mass is 16.5. The van der Waals surface area contributed by atoms with Gasteiger partial charge in [0.1, 0.15) is 0 Å². The second kappa shape index (κ2) is 6.13. The molecular weight excluding hydrogens is 254 g/mol. The number of hydrogen-bond donors (Lipinski definition) is 2. The first-order valence-electron chi connectivity index (χ1n) is 7.05. The number of carbonyl (C=O) groups excluding carboxylic acids is 1. The van der Waals surface area contributed by atoms with Gasteiger partial charge >= 0.3 is 5.97 Å². The van der Waals surface area contributed by atoms with Gasteiger partial charge in [0.15, 0.2) is 0 Å². The molecule has 2 unspecified atom stereocenters. The smallest absolute Gasteiger partial charge is 0.340 e. The molecule has 0 amide bonds. The number of hydrogen-bond acceptors (Lipinski definition) is 5. The molecule has 1 aromatic carbocycles. The number of benzene rings is 1. The summed E-state index contributed by atoms with van der Waals surface area (Å²) in [6.07, 6.45) is 3.55. The summed E-state index contributed by atoms with van der Waals surface area (Å²) in [6.45, 7) is 4.38. The monoisotopic (exact) mass is 277 g/mol. The number of nitrogens with two attached hydrogens (primary N) is 1. The van der Waals surface area contributed by atoms with Crippen LogP contribution >= 0.6 is 0 Å². The first kappa shape index (κ1) is 14.7. The molecule has 2 rings (SSSR count). The van der Waals surface area contributed by atoms with Gasteiger partial charge in [0.2, 0.25) is 0 Å². The molecular formula is C15H23N3O2. The van der Waals surface area contributed by atoms with Crippen molar-refractivity contribution in [2.45, 2.75) is 45.2 Å². The van der Waals surface area contributed by atoms with Crippen molar-refractivity contribution in [3.63, 3.8) is 0 Å². The van der Waals surface area contributed by atoms with Crippen LogP contribution in [0, 0.1) is 0 Å². The Morgan fingerprint density at radius 1 is 1.35 bits per heavy atom. The van der Waals surface area contributed by atoms with Crippen LogP contribution in [0.25, 0.3) is 0 Å². The number of nitrogen functional groups attached to an aromatic ring is 1. The van der Waals surface area contributed by atoms with Gasteiger partial charge in [-0.3, -0.25) is 0 Å². The fourth-order valence-corrected chi connectivity index (χ4v) is 2.72. The number of nitrogens with one attached hydrogen (secondary N) is 1. The molecule has 1 heterocycles. The van der Waals surface area contributed by atoms with Crippen molar-refractivity contribution in [2.24, 2.45) is 0 Å². The number of carbonyl (C=O) groups is 1. The predicted octanol–water partition coefficient (Wildman–Crippen LogP) is 2.65. The highest BCUT2D eigenvalue weighted by molar-refractivity contribution is 5.96. The van der Waals surface area contributed by atoms with Gasteiger partial charge in [-0.25, -0.2) is 9.80 Å². The SMILES string of the molecule is COC(=O)c1cc(N)ccc1NN1C(C)CCCC1C. The van der Waals surface area contributed by atoms with Crippen LogP contribution in [0.3, 0.4) is 0 Å². The standard InChI is InChI=1S/C15H23N3O2/c1-10-5-4-6-11(2)18(10)17-14-8-7-12(16)9-13(14)15(19)20-3/h7-11,17H,4-6,16H2,1-3H3. The summed E-state index contributed by atoms with van der Waals surface area (Å²) in [7, 11) is 1.38. The summed E-state index contributed by atoms with van der Waals surface area (Å²) in [4.78, 5) is 11.9. The maximum Gasteiger partial charge on any atom is 0.340 e. The van der Waals surface area contributed by atoms with Gasteiger partial charge in [0, 0.05) is 17.8 Å². The summed E-state index contributed by atoms with van der Waals surface area (Å²) in [6, 6.07) is 6.13. The molecule has 1 aliphatic rings. The first-order chi connectivity index (χ1) is 9.52. The summed E-state index contributed by atoms with van der Waals surface area (Å²) >= 11 is 0. The topological polar surface area (TPSA) is 67.6 Å². The van der Waals surface area contributed by atoms with Crippen LogP contribution < -0.4 is 11.2 Å². The highest BCUT2D eigenvalue weighted by Gasteiger charge is 2.26. The number of rotatable bonds is 3. The zero-order chi connectivity index (χ0) is 14.7. The second-order valence-electron chi connectivity index (χ2n) is 5.44. The molecule has 5 nitrogen and oxygen atoms in total. The van der Waals surface area contributed by atoms with E-state index in [1.807, 2.05) is 6.07 Å². The molecule has 110 valence electrons. The third kappa shape index (κ3) is 3.04. The maximum atomic E-state index is 11.9. The van der Waals surface area contributed by atoms with Crippen molar-refractivity contribution in [2.75, 3.05) is 18.3 Å². The van der Waals surface area contributed by atoms with Crippen LogP contribution in [0.1, 0.15) is 43.5 Å². The lowest BCUT2D eigenvalue weighted by molar-refractivity contribution is 0.0600. The molecule has 3 N–H and O–H groups in total. The molecule has 1 fully saturated rings. The molecule has 1 aliphatic heterocycles. The van der Waals surface area contributed by atoms with E-state index < -0.39 is 0 Å². The maximum absolute atomic E-state index is 11.9. The minimum Gasteiger partial charge on any atom is -0.465 e. The molecule has 1 aromatic rings. The van der Waals surface area contributed by atoms with E-state index >= 15 is 0 Å². The van der Waals surface area contributed by atoms with Gasteiger partial charge < -0.3 is 15.9 Å². The van der Waals surface area contributed by atoms with E-state index in [2.05, 4.69) is 24.3 Å². The van der Waals surface area contributed by atoms with E-state index in [1.54, 1.807) is 12.1 Å². The van der Waals surface area contributed by atoms with Crippen molar-refractivity contribution < 1.29 is 9.53 Å². The number of nitrogens with zero attached hydrogens (tertiary/aromatic N) is 1. The fourth-order valence-electron chi connectivity index (χ4n) is 2.72. The molecule has 0 saturated carbocycles. The number of anilines is 2. The third-order valence-corrected chi connectivity index (χ3v) is 3.89. The zero-order valence-corrected chi connectivity index (χ0v) is 12.3. The van der Waals surface area contributed by atoms with Gasteiger partial charge in [-0.1, -0.05) is 6.42 Å². The predicted molar refractivity (Wildman–Crippen MR) is 80.4 cm³/mol. The molecule has 0 aromatic heterocycles. The van der Waals surface area contributed by atoms with Crippen LogP contribution in [0.15, 0.2) is 18.2 Å². The van der Waals surface area contributed by atoms with Crippen LogP contribution in [0.4, 0.5) is 11.4 Å². The Bertz CT molecular complexity index is 480. The van der Waals surface area contributed by atoms with Crippen LogP contribution in [-0.2, 0) is 4.74 Å². The normalized spacial score (nSPS) is 23.4. The van der Waals surface area contributed by atoms with Crippen LogP contribution in [-0.4, -0.2) is 30.2 Å². The largest absolute Gasteiger partial charge is 0.465 e. The second-order valence-corrected chi connectivity index (χ2v) is 5.44. The van der Waals surface area contributed by atoms with E-state index in [9.17, 15) is 4.79 Å². The fraction of sp³-hybridized carbons (Fsp3) is 0.533. The molecule has 20 heavy (non-hydrogen) atoms. The molecule has 0 spiro atoms. The lowest BCUT2D eigenvalue weighted by atomic mass is 10.00. The average Bonchev–Trinajstić information content (AvgIpc) is 2.43. The molecule has 2 atom stereocenters. The molecule has 0 radical (unpaired) electrons. The van der Waals surface area contributed by atoms with Gasteiger partial charge in [-0.05, 0) is 44.9 Å². The number of methoxy groups -OCH3 is 1. The third-order valence-electron chi connectivity index (χ3n) is 3.89. The Labute approximate surface area is 120 Å². The minimum absolute atomic E-state index is 0.378. The summed E-state index contributed by atoms with van der Waals surface area (Å²) < 4.78 is 4.82. The molecule has 0 aliphatic carbocycles. The quantitative estimate of drug-likeness (QED) is 0.656. The Morgan fingerprint density at radius 2 is 2.00 bits per heavy atom. The van der Waals surface area contributed by atoms with E-state index in [4.69, 9.17) is 10.5 Å². The minimum atomic E-state index is -0.378. The Balaban J connectivity index is 2.26. The molecule has 0 bridgehead atoms. The Morgan fingerprint density at radius 3 is 2.60 bits per heavy atom. The number of piperidine rings is 1. The molecule has 5 heteroatoms. The average molecular weight is 277 g/mol. The summed E-state index contributed by atoms with van der Waals surface area (Å²) in [5.74, 6) is -0.378. The lowest BCUT2D eigenvalue weighted by Gasteiger charge is -2.39. The van der Waals surface area contributed by atoms with E-state index in [0.29, 0.717) is 23.3 Å². The summed E-state index contributed by atoms with van der Waals surface area (Å²) in [5.41, 5.74) is 10.9. The van der Waals surface area contributed by atoms with Crippen molar-refractivity contribution in [3.05, 3.63) is 23.8 Å². The van der Waals surface area contributed by atoms with Crippen LogP contribution in [0.5, 0.6) is 0 Å². The number of esters is 1. The van der Waals surface area contributed by atoms with Gasteiger partial charge in [-0.15, -0.1) is 0 Å². The van der Waals surface area contributed by atoms with Crippen molar-refractivity contribution >= 4 is 17.3 Å². The Kier molecular flexibility index (Phi) is 4.49. The highest BCUT2D eigenvalue weighted by Crippen LogP contribution is 2.26. The van der Waals surface area contributed by atoms with E-state index in [0.717, 1.165) is 18.5 Å². The van der Waals surface area contributed by atoms with Crippen molar-refractivity contribution in [3.8, 4) is 0 Å². The summed E-state index contributed by atoms with van der Waals surface area (Å²) in [5, 5.41) is 2.21. The van der Waals surface area contributed by atoms with Crippen molar-refractivity contribution in [1.82, 2.24) is 5.01 Å². The van der Waals surface area contributed by atoms with Gasteiger partial charge in [-0.2, -0.15) is 0 Å². The van der Waals surface area contributed by atoms with E-state index in [-0.39, 0.29) is 5.97 Å².